The van der Waals surface area contributed by atoms with Gasteiger partial charge in [0, 0.05) is 5.69 Å². The Balaban J connectivity index is 1.63. The van der Waals surface area contributed by atoms with Crippen LogP contribution in [0.3, 0.4) is 0 Å². The predicted molar refractivity (Wildman–Crippen MR) is 106 cm³/mol. The molecule has 0 aliphatic heterocycles. The Bertz CT molecular complexity index is 1030. The molecular weight excluding hydrogens is 365 g/mol. The Morgan fingerprint density at radius 2 is 1.44 bits per heavy atom. The molecule has 0 saturated carbocycles. The van der Waals surface area contributed by atoms with Crippen molar-refractivity contribution in [1.82, 2.24) is 0 Å². The third-order valence-electron chi connectivity index (χ3n) is 3.75. The first-order chi connectivity index (χ1) is 12.9. The monoisotopic (exact) mass is 383 g/mol. The van der Waals surface area contributed by atoms with Gasteiger partial charge in [-0.3, -0.25) is 10.1 Å². The van der Waals surface area contributed by atoms with Crippen LogP contribution in [0.2, 0.25) is 0 Å². The number of hydrazone groups is 1. The maximum atomic E-state index is 12.8. The molecule has 138 valence electrons. The molecular formula is C20H18FN3O2S. The number of rotatable bonds is 6. The van der Waals surface area contributed by atoms with Crippen LogP contribution in [-0.4, -0.2) is 14.6 Å². The van der Waals surface area contributed by atoms with Crippen LogP contribution in [0.15, 0.2) is 82.8 Å². The van der Waals surface area contributed by atoms with Gasteiger partial charge in [-0.1, -0.05) is 29.8 Å². The van der Waals surface area contributed by atoms with Crippen LogP contribution < -0.4 is 10.1 Å². The van der Waals surface area contributed by atoms with Gasteiger partial charge in [-0.15, -0.1) is 0 Å². The summed E-state index contributed by atoms with van der Waals surface area (Å²) in [6.07, 6.45) is 1.56. The van der Waals surface area contributed by atoms with E-state index in [0.29, 0.717) is 11.4 Å². The van der Waals surface area contributed by atoms with Crippen molar-refractivity contribution in [2.24, 2.45) is 5.10 Å². The third-order valence-corrected chi connectivity index (χ3v) is 5.14. The molecule has 0 aliphatic carbocycles. The highest BCUT2D eigenvalue weighted by Gasteiger charge is 2.13. The van der Waals surface area contributed by atoms with Gasteiger partial charge in [0.25, 0.3) is 10.0 Å². The van der Waals surface area contributed by atoms with Gasteiger partial charge in [0.2, 0.25) is 0 Å². The van der Waals surface area contributed by atoms with Gasteiger partial charge in [0.15, 0.2) is 0 Å². The molecule has 0 spiro atoms. The first-order valence-corrected chi connectivity index (χ1v) is 9.65. The van der Waals surface area contributed by atoms with E-state index in [1.165, 1.54) is 12.1 Å². The van der Waals surface area contributed by atoms with Crippen LogP contribution in [0.25, 0.3) is 0 Å². The Labute approximate surface area is 157 Å². The lowest BCUT2D eigenvalue weighted by molar-refractivity contribution is 0.601. The third kappa shape index (κ3) is 5.15. The van der Waals surface area contributed by atoms with Gasteiger partial charge in [-0.25, -0.2) is 12.8 Å². The SMILES string of the molecule is Cc1ccc(S(=O)(=O)Nc2ccc(N/N=C\c3ccc(F)cc3)cc2)cc1. The number of sulfonamides is 1. The average Bonchev–Trinajstić information content (AvgIpc) is 2.65. The molecule has 0 unspecified atom stereocenters. The lowest BCUT2D eigenvalue weighted by Crippen LogP contribution is -2.12. The molecule has 0 aliphatic rings. The van der Waals surface area contributed by atoms with E-state index < -0.39 is 10.0 Å². The largest absolute Gasteiger partial charge is 0.280 e. The molecule has 3 aromatic rings. The topological polar surface area (TPSA) is 70.6 Å². The van der Waals surface area contributed by atoms with Crippen molar-refractivity contribution < 1.29 is 12.8 Å². The highest BCUT2D eigenvalue weighted by Crippen LogP contribution is 2.18. The molecule has 0 fully saturated rings. The maximum Gasteiger partial charge on any atom is 0.261 e. The van der Waals surface area contributed by atoms with E-state index in [1.807, 2.05) is 6.92 Å². The van der Waals surface area contributed by atoms with E-state index in [0.717, 1.165) is 11.1 Å². The first-order valence-electron chi connectivity index (χ1n) is 8.17. The van der Waals surface area contributed by atoms with Crippen molar-refractivity contribution in [1.29, 1.82) is 0 Å². The van der Waals surface area contributed by atoms with Crippen LogP contribution in [-0.2, 0) is 10.0 Å². The zero-order valence-electron chi connectivity index (χ0n) is 14.6. The van der Waals surface area contributed by atoms with E-state index >= 15 is 0 Å². The number of anilines is 2. The van der Waals surface area contributed by atoms with E-state index in [9.17, 15) is 12.8 Å². The van der Waals surface area contributed by atoms with Crippen molar-refractivity contribution in [2.45, 2.75) is 11.8 Å². The second-order valence-electron chi connectivity index (χ2n) is 5.92. The molecule has 0 amide bonds. The maximum absolute atomic E-state index is 12.8. The fourth-order valence-corrected chi connectivity index (χ4v) is 3.33. The molecule has 0 radical (unpaired) electrons. The van der Waals surface area contributed by atoms with Crippen molar-refractivity contribution in [2.75, 3.05) is 10.1 Å². The second-order valence-corrected chi connectivity index (χ2v) is 7.60. The van der Waals surface area contributed by atoms with Gasteiger partial charge in [0.05, 0.1) is 16.8 Å². The number of hydrogen-bond donors (Lipinski definition) is 2. The molecule has 2 N–H and O–H groups in total. The Hall–Kier alpha value is -3.19. The van der Waals surface area contributed by atoms with Crippen LogP contribution in [0.5, 0.6) is 0 Å². The fourth-order valence-electron chi connectivity index (χ4n) is 2.27. The summed E-state index contributed by atoms with van der Waals surface area (Å²) >= 11 is 0. The van der Waals surface area contributed by atoms with Crippen molar-refractivity contribution in [3.63, 3.8) is 0 Å². The lowest BCUT2D eigenvalue weighted by Gasteiger charge is -2.09. The van der Waals surface area contributed by atoms with E-state index in [1.54, 1.807) is 66.9 Å². The predicted octanol–water partition coefficient (Wildman–Crippen LogP) is 4.38. The molecule has 3 aromatic carbocycles. The zero-order chi connectivity index (χ0) is 19.3. The molecule has 3 rings (SSSR count). The summed E-state index contributed by atoms with van der Waals surface area (Å²) in [6, 6.07) is 19.3. The van der Waals surface area contributed by atoms with Crippen molar-refractivity contribution in [3.05, 3.63) is 89.7 Å². The molecule has 5 nitrogen and oxygen atoms in total. The Kier molecular flexibility index (Phi) is 5.52. The smallest absolute Gasteiger partial charge is 0.261 e. The summed E-state index contributed by atoms with van der Waals surface area (Å²) in [7, 11) is -3.63. The van der Waals surface area contributed by atoms with E-state index in [-0.39, 0.29) is 10.7 Å². The Morgan fingerprint density at radius 3 is 2.07 bits per heavy atom. The number of hydrogen-bond acceptors (Lipinski definition) is 4. The normalized spacial score (nSPS) is 11.5. The summed E-state index contributed by atoms with van der Waals surface area (Å²) in [5.74, 6) is -0.302. The van der Waals surface area contributed by atoms with Gasteiger partial charge < -0.3 is 0 Å². The fraction of sp³-hybridized carbons (Fsp3) is 0.0500. The van der Waals surface area contributed by atoms with Gasteiger partial charge in [-0.2, -0.15) is 5.10 Å². The molecule has 0 saturated heterocycles. The average molecular weight is 383 g/mol. The highest BCUT2D eigenvalue weighted by molar-refractivity contribution is 7.92. The van der Waals surface area contributed by atoms with Crippen molar-refractivity contribution in [3.8, 4) is 0 Å². The minimum Gasteiger partial charge on any atom is -0.280 e. The van der Waals surface area contributed by atoms with Crippen molar-refractivity contribution >= 4 is 27.6 Å². The standard InChI is InChI=1S/C20H18FN3O2S/c1-15-2-12-20(13-3-15)27(25,26)24-19-10-8-18(9-11-19)23-22-14-16-4-6-17(21)7-5-16/h2-14,23-24H,1H3/b22-14-. The lowest BCUT2D eigenvalue weighted by atomic mass is 10.2. The minimum absolute atomic E-state index is 0.208. The number of nitrogens with one attached hydrogen (secondary N) is 2. The molecule has 27 heavy (non-hydrogen) atoms. The molecule has 7 heteroatoms. The van der Waals surface area contributed by atoms with Crippen LogP contribution in [0.4, 0.5) is 15.8 Å². The quantitative estimate of drug-likeness (QED) is 0.490. The first kappa shape index (κ1) is 18.6. The van der Waals surface area contributed by atoms with E-state index in [4.69, 9.17) is 0 Å². The van der Waals surface area contributed by atoms with Crippen LogP contribution >= 0.6 is 0 Å². The molecule has 0 atom stereocenters. The minimum atomic E-state index is -3.63. The number of benzene rings is 3. The number of nitrogens with zero attached hydrogens (tertiary/aromatic N) is 1. The number of halogens is 1. The molecule has 0 heterocycles. The summed E-state index contributed by atoms with van der Waals surface area (Å²) in [5, 5.41) is 4.07. The molecule has 0 aromatic heterocycles. The second kappa shape index (κ2) is 8.01. The summed E-state index contributed by atoms with van der Waals surface area (Å²) < 4.78 is 40.1. The Morgan fingerprint density at radius 1 is 0.852 bits per heavy atom. The number of aryl methyl sites for hydroxylation is 1. The highest BCUT2D eigenvalue weighted by atomic mass is 32.2. The summed E-state index contributed by atoms with van der Waals surface area (Å²) in [6.45, 7) is 1.90. The zero-order valence-corrected chi connectivity index (χ0v) is 15.4. The van der Waals surface area contributed by atoms with Gasteiger partial charge in [-0.05, 0) is 61.0 Å². The van der Waals surface area contributed by atoms with Crippen LogP contribution in [0.1, 0.15) is 11.1 Å². The van der Waals surface area contributed by atoms with Crippen LogP contribution in [0, 0.1) is 12.7 Å². The van der Waals surface area contributed by atoms with Gasteiger partial charge in [0.1, 0.15) is 5.82 Å². The van der Waals surface area contributed by atoms with E-state index in [2.05, 4.69) is 15.2 Å². The summed E-state index contributed by atoms with van der Waals surface area (Å²) in [5.41, 5.74) is 5.72. The van der Waals surface area contributed by atoms with Gasteiger partial charge >= 0.3 is 0 Å². The summed E-state index contributed by atoms with van der Waals surface area (Å²) in [4.78, 5) is 0.208. The molecule has 0 bridgehead atoms.